The van der Waals surface area contributed by atoms with E-state index in [1.807, 2.05) is 18.2 Å². The molecular formula is C20H23NO3. The highest BCUT2D eigenvalue weighted by Crippen LogP contribution is 2.49. The van der Waals surface area contributed by atoms with E-state index in [-0.39, 0.29) is 17.3 Å². The Hall–Kier alpha value is -2.36. The zero-order valence-corrected chi connectivity index (χ0v) is 14.2. The highest BCUT2D eigenvalue weighted by atomic mass is 16.5. The highest BCUT2D eigenvalue weighted by Gasteiger charge is 2.44. The third-order valence-electron chi connectivity index (χ3n) is 4.80. The summed E-state index contributed by atoms with van der Waals surface area (Å²) in [4.78, 5) is 24.9. The average molecular weight is 325 g/mol. The Kier molecular flexibility index (Phi) is 4.56. The van der Waals surface area contributed by atoms with E-state index in [0.29, 0.717) is 24.3 Å². The molecule has 1 unspecified atom stereocenters. The molecule has 0 saturated carbocycles. The predicted molar refractivity (Wildman–Crippen MR) is 92.9 cm³/mol. The molecule has 1 aromatic carbocycles. The Morgan fingerprint density at radius 3 is 2.71 bits per heavy atom. The van der Waals surface area contributed by atoms with Gasteiger partial charge in [-0.1, -0.05) is 43.3 Å². The summed E-state index contributed by atoms with van der Waals surface area (Å²) in [5, 5.41) is 2.97. The molecule has 0 heterocycles. The fourth-order valence-electron chi connectivity index (χ4n) is 3.69. The molecule has 1 aromatic rings. The van der Waals surface area contributed by atoms with Gasteiger partial charge in [-0.05, 0) is 31.7 Å². The van der Waals surface area contributed by atoms with Gasteiger partial charge in [0.1, 0.15) is 0 Å². The second-order valence-corrected chi connectivity index (χ2v) is 6.30. The van der Waals surface area contributed by atoms with Crippen LogP contribution in [0, 0.1) is 5.41 Å². The maximum atomic E-state index is 12.8. The molecule has 0 radical (unpaired) electrons. The number of fused-ring (bicyclic) bond motifs is 1. The first-order valence-electron chi connectivity index (χ1n) is 8.59. The topological polar surface area (TPSA) is 55.4 Å². The lowest BCUT2D eigenvalue weighted by Gasteiger charge is -2.36. The van der Waals surface area contributed by atoms with Crippen molar-refractivity contribution >= 4 is 17.6 Å². The van der Waals surface area contributed by atoms with Gasteiger partial charge in [0.25, 0.3) is 0 Å². The molecule has 0 bridgehead atoms. The molecule has 2 aliphatic carbocycles. The molecule has 0 aromatic heterocycles. The van der Waals surface area contributed by atoms with Crippen LogP contribution < -0.4 is 5.32 Å². The first-order valence-corrected chi connectivity index (χ1v) is 8.59. The lowest BCUT2D eigenvalue weighted by atomic mass is 9.68. The van der Waals surface area contributed by atoms with Crippen molar-refractivity contribution in [3.05, 3.63) is 53.1 Å². The zero-order valence-electron chi connectivity index (χ0n) is 14.2. The summed E-state index contributed by atoms with van der Waals surface area (Å²) in [6.07, 6.45) is 7.16. The van der Waals surface area contributed by atoms with Gasteiger partial charge in [0.2, 0.25) is 5.91 Å². The molecule has 1 amide bonds. The number of carbonyl (C=O) groups is 2. The summed E-state index contributed by atoms with van der Waals surface area (Å²) in [6, 6.07) is 7.97. The van der Waals surface area contributed by atoms with E-state index in [1.54, 1.807) is 13.8 Å². The van der Waals surface area contributed by atoms with Crippen LogP contribution in [0.25, 0.3) is 5.70 Å². The Balaban J connectivity index is 2.21. The SMILES string of the molecule is CCOC(=O)C1=C(NC(=O)CC)c2ccccc2CC12C=CCC2. The number of ether oxygens (including phenoxy) is 1. The molecule has 4 heteroatoms. The van der Waals surface area contributed by atoms with Gasteiger partial charge in [0.15, 0.2) is 0 Å². The lowest BCUT2D eigenvalue weighted by Crippen LogP contribution is -2.37. The number of esters is 1. The third kappa shape index (κ3) is 2.77. The maximum absolute atomic E-state index is 12.8. The maximum Gasteiger partial charge on any atom is 0.337 e. The summed E-state index contributed by atoms with van der Waals surface area (Å²) < 4.78 is 5.35. The fourth-order valence-corrected chi connectivity index (χ4v) is 3.69. The Morgan fingerprint density at radius 2 is 2.04 bits per heavy atom. The van der Waals surface area contributed by atoms with Gasteiger partial charge in [-0.25, -0.2) is 4.79 Å². The van der Waals surface area contributed by atoms with Gasteiger partial charge in [0.05, 0.1) is 17.9 Å². The third-order valence-corrected chi connectivity index (χ3v) is 4.80. The largest absolute Gasteiger partial charge is 0.463 e. The molecule has 24 heavy (non-hydrogen) atoms. The van der Waals surface area contributed by atoms with E-state index in [4.69, 9.17) is 4.74 Å². The van der Waals surface area contributed by atoms with E-state index >= 15 is 0 Å². The monoisotopic (exact) mass is 325 g/mol. The summed E-state index contributed by atoms with van der Waals surface area (Å²) in [5.41, 5.74) is 2.92. The second-order valence-electron chi connectivity index (χ2n) is 6.30. The molecule has 1 atom stereocenters. The molecule has 2 aliphatic rings. The van der Waals surface area contributed by atoms with Crippen LogP contribution in [0.4, 0.5) is 0 Å². The van der Waals surface area contributed by atoms with Gasteiger partial charge in [-0.2, -0.15) is 0 Å². The van der Waals surface area contributed by atoms with E-state index in [9.17, 15) is 9.59 Å². The zero-order chi connectivity index (χ0) is 17.2. The standard InChI is InChI=1S/C20H23NO3/c1-3-16(22)21-18-15-10-6-5-9-14(15)13-20(11-7-8-12-20)17(18)19(23)24-4-2/h5-7,9-11H,3-4,8,12-13H2,1-2H3,(H,21,22). The van der Waals surface area contributed by atoms with Gasteiger partial charge in [-0.3, -0.25) is 4.79 Å². The Morgan fingerprint density at radius 1 is 1.25 bits per heavy atom. The molecule has 4 nitrogen and oxygen atoms in total. The second kappa shape index (κ2) is 6.63. The fraction of sp³-hybridized carbons (Fsp3) is 0.400. The van der Waals surface area contributed by atoms with Gasteiger partial charge >= 0.3 is 5.97 Å². The molecule has 0 saturated heterocycles. The summed E-state index contributed by atoms with van der Waals surface area (Å²) >= 11 is 0. The van der Waals surface area contributed by atoms with Crippen molar-refractivity contribution in [3.63, 3.8) is 0 Å². The van der Waals surface area contributed by atoms with Crippen LogP contribution in [0.2, 0.25) is 0 Å². The van der Waals surface area contributed by atoms with E-state index in [1.165, 1.54) is 0 Å². The number of benzene rings is 1. The van der Waals surface area contributed by atoms with Crippen molar-refractivity contribution in [2.24, 2.45) is 5.41 Å². The lowest BCUT2D eigenvalue weighted by molar-refractivity contribution is -0.139. The number of allylic oxidation sites excluding steroid dienone is 2. The minimum absolute atomic E-state index is 0.0966. The minimum Gasteiger partial charge on any atom is -0.463 e. The van der Waals surface area contributed by atoms with Crippen LogP contribution in [0.5, 0.6) is 0 Å². The quantitative estimate of drug-likeness (QED) is 0.682. The van der Waals surface area contributed by atoms with Crippen molar-refractivity contribution in [2.75, 3.05) is 6.61 Å². The Labute approximate surface area is 142 Å². The van der Waals surface area contributed by atoms with E-state index < -0.39 is 0 Å². The number of rotatable bonds is 4. The number of nitrogens with one attached hydrogen (secondary N) is 1. The highest BCUT2D eigenvalue weighted by molar-refractivity contribution is 6.03. The summed E-state index contributed by atoms with van der Waals surface area (Å²) in [6.45, 7) is 3.93. The number of hydrogen-bond donors (Lipinski definition) is 1. The molecule has 1 N–H and O–H groups in total. The van der Waals surface area contributed by atoms with Crippen LogP contribution in [0.1, 0.15) is 44.2 Å². The molecule has 0 aliphatic heterocycles. The van der Waals surface area contributed by atoms with E-state index in [0.717, 1.165) is 30.4 Å². The van der Waals surface area contributed by atoms with E-state index in [2.05, 4.69) is 23.5 Å². The summed E-state index contributed by atoms with van der Waals surface area (Å²) in [7, 11) is 0. The number of amides is 1. The van der Waals surface area contributed by atoms with Crippen LogP contribution in [-0.2, 0) is 20.7 Å². The summed E-state index contributed by atoms with van der Waals surface area (Å²) in [5.74, 6) is -0.425. The van der Waals surface area contributed by atoms with Crippen molar-refractivity contribution in [3.8, 4) is 0 Å². The van der Waals surface area contributed by atoms with Gasteiger partial charge in [-0.15, -0.1) is 0 Å². The van der Waals surface area contributed by atoms with Crippen molar-refractivity contribution in [1.82, 2.24) is 5.32 Å². The average Bonchev–Trinajstić information content (AvgIpc) is 3.03. The first kappa shape index (κ1) is 16.5. The van der Waals surface area contributed by atoms with Gasteiger partial charge < -0.3 is 10.1 Å². The van der Waals surface area contributed by atoms with Crippen LogP contribution in [0.15, 0.2) is 42.0 Å². The van der Waals surface area contributed by atoms with Crippen LogP contribution in [-0.4, -0.2) is 18.5 Å². The number of carbonyl (C=O) groups excluding carboxylic acids is 2. The van der Waals surface area contributed by atoms with Crippen molar-refractivity contribution in [2.45, 2.75) is 39.5 Å². The normalized spacial score (nSPS) is 21.8. The van der Waals surface area contributed by atoms with Crippen molar-refractivity contribution in [1.29, 1.82) is 0 Å². The molecule has 0 fully saturated rings. The molecule has 1 spiro atoms. The first-order chi connectivity index (χ1) is 11.6. The van der Waals surface area contributed by atoms with Crippen LogP contribution in [0.3, 0.4) is 0 Å². The molecule has 126 valence electrons. The molecular weight excluding hydrogens is 302 g/mol. The Bertz CT molecular complexity index is 732. The van der Waals surface area contributed by atoms with Crippen LogP contribution >= 0.6 is 0 Å². The predicted octanol–water partition coefficient (Wildman–Crippen LogP) is 3.38. The smallest absolute Gasteiger partial charge is 0.337 e. The minimum atomic E-state index is -0.378. The molecule has 3 rings (SSSR count). The van der Waals surface area contributed by atoms with Crippen molar-refractivity contribution < 1.29 is 14.3 Å². The van der Waals surface area contributed by atoms with Gasteiger partial charge in [0, 0.05) is 17.4 Å². The number of hydrogen-bond acceptors (Lipinski definition) is 3.